The molecule has 17 heavy (non-hydrogen) atoms. The Labute approximate surface area is 104 Å². The van der Waals surface area contributed by atoms with E-state index in [4.69, 9.17) is 10.5 Å². The summed E-state index contributed by atoms with van der Waals surface area (Å²) in [7, 11) is 0. The number of aromatic amines is 1. The number of rotatable bonds is 2. The normalized spacial score (nSPS) is 10.8. The fourth-order valence-electron chi connectivity index (χ4n) is 0.990. The molecule has 0 bridgehead atoms. The molecule has 0 saturated carbocycles. The summed E-state index contributed by atoms with van der Waals surface area (Å²) in [6.45, 7) is 5.33. The van der Waals surface area contributed by atoms with Gasteiger partial charge in [0.25, 0.3) is 0 Å². The largest absolute Gasteiger partial charge is 0.444 e. The van der Waals surface area contributed by atoms with Gasteiger partial charge in [0.1, 0.15) is 11.4 Å². The van der Waals surface area contributed by atoms with Crippen molar-refractivity contribution in [3.8, 4) is 0 Å². The molecule has 0 unspecified atom stereocenters. The number of H-pyrrole nitrogens is 1. The van der Waals surface area contributed by atoms with Crippen LogP contribution < -0.4 is 16.4 Å². The van der Waals surface area contributed by atoms with E-state index >= 15 is 0 Å². The van der Waals surface area contributed by atoms with Gasteiger partial charge in [-0.25, -0.2) is 4.79 Å². The predicted octanol–water partition coefficient (Wildman–Crippen LogP) is 1.41. The predicted molar refractivity (Wildman–Crippen MR) is 68.9 cm³/mol. The van der Waals surface area contributed by atoms with E-state index in [1.165, 1.54) is 0 Å². The second-order valence-corrected chi connectivity index (χ2v) is 4.72. The number of hydrogen-bond acceptors (Lipinski definition) is 4. The molecule has 0 atom stereocenters. The Kier molecular flexibility index (Phi) is 3.89. The maximum Gasteiger partial charge on any atom is 0.413 e. The lowest BCUT2D eigenvalue weighted by Gasteiger charge is -2.19. The Morgan fingerprint density at radius 2 is 2.18 bits per heavy atom. The molecule has 1 rings (SSSR count). The Balaban J connectivity index is 2.55. The number of amides is 1. The second-order valence-electron chi connectivity index (χ2n) is 4.28. The number of nitrogens with one attached hydrogen (secondary N) is 3. The molecule has 0 radical (unpaired) electrons. The van der Waals surface area contributed by atoms with Crippen molar-refractivity contribution in [2.75, 3.05) is 10.6 Å². The molecule has 1 aromatic rings. The number of hydrogen-bond donors (Lipinski definition) is 4. The topological polar surface area (TPSA) is 105 Å². The maximum atomic E-state index is 11.4. The van der Waals surface area contributed by atoms with Gasteiger partial charge in [0.2, 0.25) is 0 Å². The Bertz CT molecular complexity index is 423. The van der Waals surface area contributed by atoms with Gasteiger partial charge in [-0.15, -0.1) is 0 Å². The summed E-state index contributed by atoms with van der Waals surface area (Å²) in [5, 5.41) is 11.6. The summed E-state index contributed by atoms with van der Waals surface area (Å²) in [6.07, 6.45) is -0.567. The van der Waals surface area contributed by atoms with Crippen molar-refractivity contribution in [3.63, 3.8) is 0 Å². The van der Waals surface area contributed by atoms with Gasteiger partial charge in [-0.1, -0.05) is 0 Å². The van der Waals surface area contributed by atoms with Gasteiger partial charge in [0.05, 0.1) is 0 Å². The number of carbonyl (C=O) groups is 1. The van der Waals surface area contributed by atoms with Gasteiger partial charge >= 0.3 is 6.09 Å². The van der Waals surface area contributed by atoms with Crippen molar-refractivity contribution in [2.24, 2.45) is 5.73 Å². The molecular formula is C9H15N5O2S. The maximum absolute atomic E-state index is 11.4. The average Bonchev–Trinajstić information content (AvgIpc) is 2.46. The molecule has 1 aromatic heterocycles. The molecule has 0 aliphatic carbocycles. The van der Waals surface area contributed by atoms with Crippen molar-refractivity contribution in [3.05, 3.63) is 6.07 Å². The lowest BCUT2D eigenvalue weighted by Crippen LogP contribution is -2.27. The zero-order valence-electron chi connectivity index (χ0n) is 9.83. The van der Waals surface area contributed by atoms with E-state index in [2.05, 4.69) is 33.0 Å². The number of carbonyl (C=O) groups excluding carboxylic acids is 1. The Morgan fingerprint density at radius 1 is 1.53 bits per heavy atom. The van der Waals surface area contributed by atoms with E-state index in [-0.39, 0.29) is 5.11 Å². The van der Waals surface area contributed by atoms with Crippen molar-refractivity contribution in [2.45, 2.75) is 26.4 Å². The highest BCUT2D eigenvalue weighted by Gasteiger charge is 2.16. The first kappa shape index (κ1) is 13.2. The van der Waals surface area contributed by atoms with E-state index in [0.717, 1.165) is 0 Å². The highest BCUT2D eigenvalue weighted by atomic mass is 32.1. The van der Waals surface area contributed by atoms with Gasteiger partial charge in [-0.2, -0.15) is 5.10 Å². The van der Waals surface area contributed by atoms with Crippen LogP contribution in [0.1, 0.15) is 20.8 Å². The van der Waals surface area contributed by atoms with E-state index in [1.807, 2.05) is 0 Å². The minimum absolute atomic E-state index is 0.0975. The third kappa shape index (κ3) is 5.16. The SMILES string of the molecule is CC(C)(C)OC(=O)Nc1cc(NC(N)=S)n[nH]1. The van der Waals surface area contributed by atoms with E-state index < -0.39 is 11.7 Å². The van der Waals surface area contributed by atoms with Gasteiger partial charge in [0.15, 0.2) is 10.9 Å². The summed E-state index contributed by atoms with van der Waals surface area (Å²) in [5.74, 6) is 0.807. The van der Waals surface area contributed by atoms with Gasteiger partial charge in [-0.05, 0) is 33.0 Å². The zero-order valence-corrected chi connectivity index (χ0v) is 10.6. The van der Waals surface area contributed by atoms with Crippen LogP contribution in [0.4, 0.5) is 16.4 Å². The molecule has 8 heteroatoms. The fourth-order valence-corrected chi connectivity index (χ4v) is 1.09. The van der Waals surface area contributed by atoms with Crippen LogP contribution in [0.5, 0.6) is 0 Å². The zero-order chi connectivity index (χ0) is 13.1. The van der Waals surface area contributed by atoms with Crippen molar-refractivity contribution in [1.29, 1.82) is 0 Å². The monoisotopic (exact) mass is 257 g/mol. The molecule has 0 aliphatic rings. The summed E-state index contributed by atoms with van der Waals surface area (Å²) >= 11 is 4.65. The number of nitrogens with zero attached hydrogens (tertiary/aromatic N) is 1. The van der Waals surface area contributed by atoms with E-state index in [1.54, 1.807) is 26.8 Å². The highest BCUT2D eigenvalue weighted by Crippen LogP contribution is 2.12. The molecule has 0 aliphatic heterocycles. The molecule has 5 N–H and O–H groups in total. The van der Waals surface area contributed by atoms with Gasteiger partial charge in [0, 0.05) is 6.07 Å². The number of thiocarbonyl (C=S) groups is 1. The third-order valence-electron chi connectivity index (χ3n) is 1.46. The number of aromatic nitrogens is 2. The Morgan fingerprint density at radius 3 is 2.71 bits per heavy atom. The van der Waals surface area contributed by atoms with E-state index in [0.29, 0.717) is 11.6 Å². The third-order valence-corrected chi connectivity index (χ3v) is 1.57. The molecule has 1 heterocycles. The Hall–Kier alpha value is -1.83. The molecule has 7 nitrogen and oxygen atoms in total. The highest BCUT2D eigenvalue weighted by molar-refractivity contribution is 7.80. The quantitative estimate of drug-likeness (QED) is 0.597. The summed E-state index contributed by atoms with van der Waals surface area (Å²) in [4.78, 5) is 11.4. The smallest absolute Gasteiger partial charge is 0.413 e. The first-order valence-corrected chi connectivity index (χ1v) is 5.29. The van der Waals surface area contributed by atoms with Crippen molar-refractivity contribution in [1.82, 2.24) is 10.2 Å². The molecule has 0 spiro atoms. The standard InChI is InChI=1S/C9H15N5O2S/c1-9(2,3)16-8(15)12-6-4-5(13-14-6)11-7(10)17/h4H,1-3H3,(H5,10,11,12,13,14,15,17). The lowest BCUT2D eigenvalue weighted by molar-refractivity contribution is 0.0635. The minimum Gasteiger partial charge on any atom is -0.444 e. The lowest BCUT2D eigenvalue weighted by atomic mass is 10.2. The van der Waals surface area contributed by atoms with Crippen molar-refractivity contribution >= 4 is 35.1 Å². The van der Waals surface area contributed by atoms with Crippen molar-refractivity contribution < 1.29 is 9.53 Å². The van der Waals surface area contributed by atoms with Crippen LogP contribution >= 0.6 is 12.2 Å². The average molecular weight is 257 g/mol. The minimum atomic E-state index is -0.567. The van der Waals surface area contributed by atoms with Crippen LogP contribution in [0.3, 0.4) is 0 Å². The number of nitrogens with two attached hydrogens (primary N) is 1. The van der Waals surface area contributed by atoms with Crippen LogP contribution in [0.15, 0.2) is 6.07 Å². The van der Waals surface area contributed by atoms with Gasteiger partial charge < -0.3 is 15.8 Å². The first-order chi connectivity index (χ1) is 7.76. The number of anilines is 2. The molecule has 0 saturated heterocycles. The van der Waals surface area contributed by atoms with Crippen LogP contribution in [0, 0.1) is 0 Å². The molecule has 94 valence electrons. The number of ether oxygens (including phenoxy) is 1. The molecular weight excluding hydrogens is 242 g/mol. The molecule has 0 fully saturated rings. The van der Waals surface area contributed by atoms with Crippen LogP contribution in [0.25, 0.3) is 0 Å². The van der Waals surface area contributed by atoms with Crippen LogP contribution in [-0.4, -0.2) is 27.0 Å². The van der Waals surface area contributed by atoms with E-state index in [9.17, 15) is 4.79 Å². The van der Waals surface area contributed by atoms with Crippen LogP contribution in [0.2, 0.25) is 0 Å². The summed E-state index contributed by atoms with van der Waals surface area (Å²) in [5.41, 5.74) is 4.72. The second kappa shape index (κ2) is 5.00. The van der Waals surface area contributed by atoms with Crippen LogP contribution in [-0.2, 0) is 4.74 Å². The summed E-state index contributed by atoms with van der Waals surface area (Å²) in [6, 6.07) is 1.54. The molecule has 0 aromatic carbocycles. The molecule has 1 amide bonds. The summed E-state index contributed by atoms with van der Waals surface area (Å²) < 4.78 is 5.06. The fraction of sp³-hybridized carbons (Fsp3) is 0.444. The van der Waals surface area contributed by atoms with Gasteiger partial charge in [-0.3, -0.25) is 10.4 Å². The first-order valence-electron chi connectivity index (χ1n) is 4.88.